The summed E-state index contributed by atoms with van der Waals surface area (Å²) in [4.78, 5) is 1.25. The lowest BCUT2D eigenvalue weighted by molar-refractivity contribution is -0.119. The van der Waals surface area contributed by atoms with Crippen molar-refractivity contribution in [3.63, 3.8) is 0 Å². The van der Waals surface area contributed by atoms with Gasteiger partial charge in [0.25, 0.3) is 0 Å². The van der Waals surface area contributed by atoms with Gasteiger partial charge in [-0.25, -0.2) is 0 Å². The molecular formula is C12H12F3N3. The number of hydrogen-bond donors (Lipinski definition) is 1. The highest BCUT2D eigenvalue weighted by molar-refractivity contribution is 5.70. The van der Waals surface area contributed by atoms with E-state index in [0.717, 1.165) is 12.8 Å². The number of nitriles is 1. The van der Waals surface area contributed by atoms with Crippen LogP contribution in [0.2, 0.25) is 0 Å². The lowest BCUT2D eigenvalue weighted by Gasteiger charge is -2.27. The number of nitrogens with two attached hydrogens (primary N) is 1. The summed E-state index contributed by atoms with van der Waals surface area (Å²) in [5, 5.41) is 8.79. The largest absolute Gasteiger partial charge is 0.405 e. The summed E-state index contributed by atoms with van der Waals surface area (Å²) in [6.07, 6.45) is -2.82. The summed E-state index contributed by atoms with van der Waals surface area (Å²) in [5.41, 5.74) is 6.59. The third-order valence-electron chi connectivity index (χ3n) is 2.81. The molecular weight excluding hydrogens is 243 g/mol. The van der Waals surface area contributed by atoms with Gasteiger partial charge in [-0.15, -0.1) is 0 Å². The molecule has 0 heterocycles. The molecule has 0 aliphatic heterocycles. The van der Waals surface area contributed by atoms with Crippen LogP contribution < -0.4 is 10.6 Å². The van der Waals surface area contributed by atoms with Gasteiger partial charge in [0.05, 0.1) is 23.0 Å². The third kappa shape index (κ3) is 2.86. The molecule has 18 heavy (non-hydrogen) atoms. The molecule has 1 aromatic carbocycles. The van der Waals surface area contributed by atoms with Crippen LogP contribution in [0.25, 0.3) is 0 Å². The monoisotopic (exact) mass is 255 g/mol. The molecule has 6 heteroatoms. The molecule has 0 spiro atoms. The second-order valence-corrected chi connectivity index (χ2v) is 4.36. The Balaban J connectivity index is 2.33. The molecule has 0 unspecified atom stereocenters. The number of benzene rings is 1. The normalized spacial score (nSPS) is 15.2. The van der Waals surface area contributed by atoms with Crippen molar-refractivity contribution in [2.45, 2.75) is 25.1 Å². The maximum atomic E-state index is 12.5. The van der Waals surface area contributed by atoms with Gasteiger partial charge in [-0.3, -0.25) is 0 Å². The van der Waals surface area contributed by atoms with Gasteiger partial charge in [-0.1, -0.05) is 0 Å². The smallest absolute Gasteiger partial charge is 0.397 e. The van der Waals surface area contributed by atoms with Crippen molar-refractivity contribution in [2.75, 3.05) is 17.2 Å². The molecule has 96 valence electrons. The highest BCUT2D eigenvalue weighted by atomic mass is 19.4. The van der Waals surface area contributed by atoms with Crippen LogP contribution in [0, 0.1) is 11.3 Å². The molecule has 0 amide bonds. The fraction of sp³-hybridized carbons (Fsp3) is 0.417. The van der Waals surface area contributed by atoms with Gasteiger partial charge in [-0.05, 0) is 31.0 Å². The summed E-state index contributed by atoms with van der Waals surface area (Å²) in [7, 11) is 0. The molecule has 1 aliphatic carbocycles. The molecule has 3 nitrogen and oxygen atoms in total. The van der Waals surface area contributed by atoms with Crippen molar-refractivity contribution in [3.05, 3.63) is 23.8 Å². The molecule has 1 aliphatic rings. The fourth-order valence-corrected chi connectivity index (χ4v) is 1.85. The average Bonchev–Trinajstić information content (AvgIpc) is 3.09. The molecule has 0 bridgehead atoms. The second kappa shape index (κ2) is 4.41. The lowest BCUT2D eigenvalue weighted by Crippen LogP contribution is -2.36. The van der Waals surface area contributed by atoms with Crippen LogP contribution in [-0.4, -0.2) is 18.8 Å². The fourth-order valence-electron chi connectivity index (χ4n) is 1.85. The zero-order valence-corrected chi connectivity index (χ0v) is 9.54. The first-order valence-electron chi connectivity index (χ1n) is 5.54. The number of anilines is 2. The van der Waals surface area contributed by atoms with Crippen molar-refractivity contribution >= 4 is 11.4 Å². The number of rotatable bonds is 3. The predicted molar refractivity (Wildman–Crippen MR) is 62.0 cm³/mol. The van der Waals surface area contributed by atoms with Gasteiger partial charge in [0.1, 0.15) is 6.54 Å². The molecule has 0 saturated heterocycles. The second-order valence-electron chi connectivity index (χ2n) is 4.36. The molecule has 0 radical (unpaired) electrons. The molecule has 0 atom stereocenters. The molecule has 1 fully saturated rings. The summed E-state index contributed by atoms with van der Waals surface area (Å²) >= 11 is 0. The Morgan fingerprint density at radius 2 is 2.06 bits per heavy atom. The zero-order valence-electron chi connectivity index (χ0n) is 9.54. The Bertz CT molecular complexity index is 486. The van der Waals surface area contributed by atoms with E-state index in [1.807, 2.05) is 6.07 Å². The van der Waals surface area contributed by atoms with Gasteiger partial charge in [0.2, 0.25) is 0 Å². The summed E-state index contributed by atoms with van der Waals surface area (Å²) in [5.74, 6) is 0. The van der Waals surface area contributed by atoms with Gasteiger partial charge >= 0.3 is 6.18 Å². The minimum atomic E-state index is -4.28. The first-order chi connectivity index (χ1) is 8.40. The van der Waals surface area contributed by atoms with Crippen molar-refractivity contribution in [1.29, 1.82) is 5.26 Å². The topological polar surface area (TPSA) is 53.1 Å². The third-order valence-corrected chi connectivity index (χ3v) is 2.81. The standard InChI is InChI=1S/C12H12F3N3/c13-12(14,15)7-18(9-2-3-9)11-5-8(6-16)1-4-10(11)17/h1,4-5,9H,2-3,7,17H2. The van der Waals surface area contributed by atoms with E-state index in [2.05, 4.69) is 0 Å². The van der Waals surface area contributed by atoms with Crippen LogP contribution in [0.15, 0.2) is 18.2 Å². The van der Waals surface area contributed by atoms with E-state index in [0.29, 0.717) is 11.3 Å². The molecule has 2 N–H and O–H groups in total. The first-order valence-corrected chi connectivity index (χ1v) is 5.54. The SMILES string of the molecule is N#Cc1ccc(N)c(N(CC(F)(F)F)C2CC2)c1. The number of alkyl halides is 3. The molecule has 1 saturated carbocycles. The van der Waals surface area contributed by atoms with Crippen LogP contribution in [0.4, 0.5) is 24.5 Å². The van der Waals surface area contributed by atoms with Crippen molar-refractivity contribution in [1.82, 2.24) is 0 Å². The van der Waals surface area contributed by atoms with Crippen LogP contribution in [-0.2, 0) is 0 Å². The van der Waals surface area contributed by atoms with Crippen LogP contribution in [0.5, 0.6) is 0 Å². The molecule has 1 aromatic rings. The number of hydrogen-bond acceptors (Lipinski definition) is 3. The maximum Gasteiger partial charge on any atom is 0.405 e. The van der Waals surface area contributed by atoms with E-state index in [4.69, 9.17) is 11.0 Å². The average molecular weight is 255 g/mol. The van der Waals surface area contributed by atoms with E-state index < -0.39 is 12.7 Å². The van der Waals surface area contributed by atoms with Crippen molar-refractivity contribution < 1.29 is 13.2 Å². The molecule has 0 aromatic heterocycles. The first kappa shape index (κ1) is 12.6. The van der Waals surface area contributed by atoms with Gasteiger partial charge < -0.3 is 10.6 Å². The zero-order chi connectivity index (χ0) is 13.3. The highest BCUT2D eigenvalue weighted by Gasteiger charge is 2.38. The van der Waals surface area contributed by atoms with E-state index in [1.54, 1.807) is 0 Å². The summed E-state index contributed by atoms with van der Waals surface area (Å²) in [6.45, 7) is -1.03. The van der Waals surface area contributed by atoms with Gasteiger partial charge in [0, 0.05) is 6.04 Å². The maximum absolute atomic E-state index is 12.5. The van der Waals surface area contributed by atoms with E-state index in [-0.39, 0.29) is 11.7 Å². The quantitative estimate of drug-likeness (QED) is 0.845. The Kier molecular flexibility index (Phi) is 3.07. The van der Waals surface area contributed by atoms with Crippen LogP contribution in [0.3, 0.4) is 0 Å². The number of nitrogens with zero attached hydrogens (tertiary/aromatic N) is 2. The Morgan fingerprint density at radius 1 is 1.39 bits per heavy atom. The Hall–Kier alpha value is -1.90. The summed E-state index contributed by atoms with van der Waals surface area (Å²) in [6, 6.07) is 6.17. The van der Waals surface area contributed by atoms with Gasteiger partial charge in [-0.2, -0.15) is 18.4 Å². The van der Waals surface area contributed by atoms with Gasteiger partial charge in [0.15, 0.2) is 0 Å². The lowest BCUT2D eigenvalue weighted by atomic mass is 10.1. The highest BCUT2D eigenvalue weighted by Crippen LogP contribution is 2.37. The predicted octanol–water partition coefficient (Wildman–Crippen LogP) is 2.67. The summed E-state index contributed by atoms with van der Waals surface area (Å²) < 4.78 is 37.6. The Labute approximate surface area is 103 Å². The number of halogens is 3. The Morgan fingerprint density at radius 3 is 2.56 bits per heavy atom. The van der Waals surface area contributed by atoms with Crippen LogP contribution in [0.1, 0.15) is 18.4 Å². The van der Waals surface area contributed by atoms with Crippen molar-refractivity contribution in [2.24, 2.45) is 0 Å². The van der Waals surface area contributed by atoms with Crippen molar-refractivity contribution in [3.8, 4) is 6.07 Å². The van der Waals surface area contributed by atoms with Crippen LogP contribution >= 0.6 is 0 Å². The van der Waals surface area contributed by atoms with E-state index >= 15 is 0 Å². The van der Waals surface area contributed by atoms with E-state index in [1.165, 1.54) is 23.1 Å². The minimum Gasteiger partial charge on any atom is -0.397 e. The molecule has 2 rings (SSSR count). The van der Waals surface area contributed by atoms with E-state index in [9.17, 15) is 13.2 Å². The minimum absolute atomic E-state index is 0.122. The number of nitrogen functional groups attached to an aromatic ring is 1.